The van der Waals surface area contributed by atoms with Crippen molar-refractivity contribution in [1.82, 2.24) is 4.57 Å². The third kappa shape index (κ3) is 5.40. The minimum Gasteiger partial charge on any atom is -1.00 e. The van der Waals surface area contributed by atoms with E-state index in [1.165, 1.54) is 27.8 Å². The van der Waals surface area contributed by atoms with Gasteiger partial charge in [-0.1, -0.05) is 72.8 Å². The molecule has 2 aliphatic rings. The maximum absolute atomic E-state index is 14.2. The van der Waals surface area contributed by atoms with Crippen molar-refractivity contribution < 1.29 is 35.9 Å². The summed E-state index contributed by atoms with van der Waals surface area (Å²) in [4.78, 5) is 29.7. The van der Waals surface area contributed by atoms with Gasteiger partial charge in [0.1, 0.15) is 5.75 Å². The third-order valence-electron chi connectivity index (χ3n) is 10.4. The zero-order valence-corrected chi connectivity index (χ0v) is 29.0. The molecule has 242 valence electrons. The van der Waals surface area contributed by atoms with Gasteiger partial charge in [-0.2, -0.15) is 0 Å². The molecule has 48 heavy (non-hydrogen) atoms. The number of methoxy groups -OCH3 is 1. The summed E-state index contributed by atoms with van der Waals surface area (Å²) in [5.41, 5.74) is 9.87. The molecular weight excluding hydrogens is 662 g/mol. The molecule has 1 aliphatic carbocycles. The molecule has 1 aliphatic heterocycles. The van der Waals surface area contributed by atoms with Crippen molar-refractivity contribution in [2.24, 2.45) is 5.92 Å². The summed E-state index contributed by atoms with van der Waals surface area (Å²) in [6.45, 7) is 5.59. The predicted octanol–water partition coefficient (Wildman–Crippen LogP) is 4.34. The number of carbonyl (C=O) groups is 2. The number of rotatable bonds is 7. The minimum absolute atomic E-state index is 0. The topological polar surface area (TPSA) is 55.4 Å². The van der Waals surface area contributed by atoms with E-state index in [4.69, 9.17) is 4.74 Å². The van der Waals surface area contributed by atoms with E-state index in [1.807, 2.05) is 64.3 Å². The molecule has 2 atom stereocenters. The fourth-order valence-corrected chi connectivity index (χ4v) is 7.87. The number of anilines is 1. The number of nitrogens with zero attached hydrogens (tertiary/aromatic N) is 3. The Balaban J connectivity index is 0.00000364. The molecule has 0 N–H and O–H groups in total. The highest BCUT2D eigenvalue weighted by Crippen LogP contribution is 2.52. The van der Waals surface area contributed by atoms with Crippen molar-refractivity contribution in [2.45, 2.75) is 45.7 Å². The molecule has 0 bridgehead atoms. The molecule has 6 aromatic rings. The molecule has 0 saturated heterocycles. The van der Waals surface area contributed by atoms with Crippen LogP contribution in [0.5, 0.6) is 5.75 Å². The molecule has 0 fully saturated rings. The van der Waals surface area contributed by atoms with E-state index in [9.17, 15) is 9.59 Å². The number of carbonyl (C=O) groups excluding carboxylic acids is 2. The molecule has 6 nitrogen and oxygen atoms in total. The van der Waals surface area contributed by atoms with Crippen LogP contribution in [0.4, 0.5) is 5.69 Å². The van der Waals surface area contributed by atoms with Crippen molar-refractivity contribution >= 4 is 39.2 Å². The van der Waals surface area contributed by atoms with E-state index >= 15 is 0 Å². The Bertz CT molecular complexity index is 2220. The molecule has 0 saturated carbocycles. The van der Waals surface area contributed by atoms with Crippen LogP contribution in [-0.4, -0.2) is 29.9 Å². The molecule has 1 amide bonds. The monoisotopic (exact) mass is 699 g/mol. The summed E-state index contributed by atoms with van der Waals surface area (Å²) in [5, 5.41) is 2.17. The van der Waals surface area contributed by atoms with Crippen LogP contribution in [0.25, 0.3) is 21.8 Å². The molecular formula is C41H38BrN3O3. The highest BCUT2D eigenvalue weighted by molar-refractivity contribution is 5.99. The third-order valence-corrected chi connectivity index (χ3v) is 10.4. The van der Waals surface area contributed by atoms with E-state index in [2.05, 4.69) is 66.9 Å². The highest BCUT2D eigenvalue weighted by atomic mass is 79.9. The minimum atomic E-state index is 0. The second kappa shape index (κ2) is 12.7. The summed E-state index contributed by atoms with van der Waals surface area (Å²) in [5.74, 6) is 1.46. The number of halogens is 1. The SMILES string of the molecule is COc1cccc2c1N(C(=O)CCn1c[n+](CC(=O)c3ccc4ccccc4c3)c3cc(C)c(C)cc31)C[C@@H]1Cc3ccccc3[C@H]21.[Br-]. The van der Waals surface area contributed by atoms with Gasteiger partial charge in [0.15, 0.2) is 17.6 Å². The van der Waals surface area contributed by atoms with Crippen LogP contribution in [0.2, 0.25) is 0 Å². The lowest BCUT2D eigenvalue weighted by molar-refractivity contribution is -0.658. The lowest BCUT2D eigenvalue weighted by atomic mass is 9.81. The largest absolute Gasteiger partial charge is 1.00 e. The van der Waals surface area contributed by atoms with Gasteiger partial charge in [-0.15, -0.1) is 0 Å². The first-order valence-electron chi connectivity index (χ1n) is 16.5. The zero-order chi connectivity index (χ0) is 32.2. The van der Waals surface area contributed by atoms with Crippen LogP contribution in [-0.2, 0) is 24.3 Å². The normalized spacial score (nSPS) is 16.3. The van der Waals surface area contributed by atoms with Gasteiger partial charge in [0.2, 0.25) is 18.0 Å². The van der Waals surface area contributed by atoms with Crippen molar-refractivity contribution in [2.75, 3.05) is 18.6 Å². The molecule has 0 radical (unpaired) electrons. The van der Waals surface area contributed by atoms with E-state index < -0.39 is 0 Å². The van der Waals surface area contributed by atoms with Crippen molar-refractivity contribution in [3.63, 3.8) is 0 Å². The number of aryl methyl sites for hydroxylation is 3. The number of ketones is 1. The number of para-hydroxylation sites is 1. The molecule has 5 aromatic carbocycles. The Labute approximate surface area is 291 Å². The first-order chi connectivity index (χ1) is 22.9. The summed E-state index contributed by atoms with van der Waals surface area (Å²) < 4.78 is 10.0. The Morgan fingerprint density at radius 2 is 1.60 bits per heavy atom. The number of hydrogen-bond acceptors (Lipinski definition) is 3. The number of benzene rings is 5. The average molecular weight is 701 g/mol. The number of hydrogen-bond donors (Lipinski definition) is 0. The second-order valence-electron chi connectivity index (χ2n) is 13.1. The van der Waals surface area contributed by atoms with Crippen LogP contribution in [0.3, 0.4) is 0 Å². The fraction of sp³-hybridized carbons (Fsp3) is 0.244. The first kappa shape index (κ1) is 31.8. The Kier molecular flexibility index (Phi) is 8.42. The number of imidazole rings is 1. The van der Waals surface area contributed by atoms with Gasteiger partial charge in [-0.3, -0.25) is 9.59 Å². The van der Waals surface area contributed by atoms with E-state index in [0.29, 0.717) is 31.0 Å². The maximum Gasteiger partial charge on any atom is 0.245 e. The van der Waals surface area contributed by atoms with E-state index in [1.54, 1.807) is 7.11 Å². The maximum atomic E-state index is 14.2. The standard InChI is InChI=1S/C41H38N3O3.BrH/c1-26-19-35-36(20-27(26)2)43(24-37(45)31-16-15-28-9-4-5-10-29(28)21-31)25-42(35)18-17-39(46)44-23-32-22-30-11-6-7-12-33(30)40(32)34-13-8-14-38(47-3)41(34)44;/h4-16,19-21,25,32,40H,17-18,22-24H2,1-3H3;1H/q+1;/p-1/t32-,40+;/m0./s1. The second-order valence-corrected chi connectivity index (χ2v) is 13.1. The number of Topliss-reactive ketones (excluding diaryl/α,β-unsaturated/α-hetero) is 1. The van der Waals surface area contributed by atoms with Gasteiger partial charge < -0.3 is 26.6 Å². The lowest BCUT2D eigenvalue weighted by Crippen LogP contribution is -3.00. The van der Waals surface area contributed by atoms with Crippen LogP contribution >= 0.6 is 0 Å². The smallest absolute Gasteiger partial charge is 0.245 e. The summed E-state index contributed by atoms with van der Waals surface area (Å²) in [6, 6.07) is 33.2. The summed E-state index contributed by atoms with van der Waals surface area (Å²) in [6.07, 6.45) is 3.30. The number of aromatic nitrogens is 2. The Morgan fingerprint density at radius 3 is 2.44 bits per heavy atom. The Morgan fingerprint density at radius 1 is 0.854 bits per heavy atom. The van der Waals surface area contributed by atoms with E-state index in [0.717, 1.165) is 39.7 Å². The van der Waals surface area contributed by atoms with Crippen molar-refractivity contribution in [3.05, 3.63) is 137 Å². The Hall–Kier alpha value is -4.75. The van der Waals surface area contributed by atoms with Gasteiger partial charge in [0.25, 0.3) is 0 Å². The molecule has 1 aromatic heterocycles. The van der Waals surface area contributed by atoms with Crippen molar-refractivity contribution in [1.29, 1.82) is 0 Å². The predicted molar refractivity (Wildman–Crippen MR) is 185 cm³/mol. The lowest BCUT2D eigenvalue weighted by Gasteiger charge is -2.38. The van der Waals surface area contributed by atoms with Gasteiger partial charge in [-0.25, -0.2) is 9.13 Å². The number of amides is 1. The molecule has 8 rings (SSSR count). The molecule has 0 unspecified atom stereocenters. The van der Waals surface area contributed by atoms with Gasteiger partial charge in [-0.05, 0) is 89.0 Å². The molecule has 2 heterocycles. The molecule has 0 spiro atoms. The van der Waals surface area contributed by atoms with Crippen LogP contribution in [0, 0.1) is 19.8 Å². The fourth-order valence-electron chi connectivity index (χ4n) is 7.87. The summed E-state index contributed by atoms with van der Waals surface area (Å²) >= 11 is 0. The van der Waals surface area contributed by atoms with Gasteiger partial charge >= 0.3 is 0 Å². The highest BCUT2D eigenvalue weighted by Gasteiger charge is 2.42. The zero-order valence-electron chi connectivity index (χ0n) is 27.4. The van der Waals surface area contributed by atoms with Gasteiger partial charge in [0.05, 0.1) is 25.8 Å². The molecule has 7 heteroatoms. The first-order valence-corrected chi connectivity index (χ1v) is 16.5. The van der Waals surface area contributed by atoms with Crippen LogP contribution in [0.1, 0.15) is 50.5 Å². The van der Waals surface area contributed by atoms with Gasteiger partial charge in [0, 0.05) is 18.0 Å². The number of ether oxygens (including phenoxy) is 1. The quantitative estimate of drug-likeness (QED) is 0.184. The van der Waals surface area contributed by atoms with Crippen LogP contribution < -0.4 is 31.2 Å². The average Bonchev–Trinajstić information content (AvgIpc) is 3.63. The van der Waals surface area contributed by atoms with Crippen molar-refractivity contribution in [3.8, 4) is 5.75 Å². The summed E-state index contributed by atoms with van der Waals surface area (Å²) in [7, 11) is 1.68. The number of fused-ring (bicyclic) bond motifs is 7. The van der Waals surface area contributed by atoms with E-state index in [-0.39, 0.29) is 41.1 Å². The van der Waals surface area contributed by atoms with Crippen LogP contribution in [0.15, 0.2) is 103 Å².